The topological polar surface area (TPSA) is 79.3 Å². The van der Waals surface area contributed by atoms with Gasteiger partial charge < -0.3 is 19.5 Å². The third-order valence-corrected chi connectivity index (χ3v) is 6.14. The van der Waals surface area contributed by atoms with E-state index in [9.17, 15) is 14.7 Å². The van der Waals surface area contributed by atoms with Gasteiger partial charge in [-0.25, -0.2) is 4.79 Å². The van der Waals surface area contributed by atoms with Gasteiger partial charge in [-0.2, -0.15) is 0 Å². The zero-order valence-electron chi connectivity index (χ0n) is 17.0. The largest absolute Gasteiger partial charge is 0.507 e. The maximum Gasteiger partial charge on any atom is 0.409 e. The third-order valence-electron chi connectivity index (χ3n) is 5.32. The second-order valence-electron chi connectivity index (χ2n) is 7.31. The molecular formula is C22H24N2O5S. The lowest BCUT2D eigenvalue weighted by molar-refractivity contribution is 0.0774. The van der Waals surface area contributed by atoms with Crippen molar-refractivity contribution in [2.24, 2.45) is 0 Å². The van der Waals surface area contributed by atoms with E-state index in [1.807, 2.05) is 17.5 Å². The first kappa shape index (κ1) is 20.4. The van der Waals surface area contributed by atoms with Crippen LogP contribution in [-0.4, -0.2) is 59.6 Å². The minimum absolute atomic E-state index is 0.115. The number of allylic oxidation sites excluding steroid dienone is 1. The van der Waals surface area contributed by atoms with Crippen molar-refractivity contribution < 1.29 is 24.2 Å². The van der Waals surface area contributed by atoms with Gasteiger partial charge in [0.1, 0.15) is 11.5 Å². The van der Waals surface area contributed by atoms with Gasteiger partial charge in [-0.05, 0) is 36.9 Å². The van der Waals surface area contributed by atoms with E-state index in [4.69, 9.17) is 9.47 Å². The van der Waals surface area contributed by atoms with Crippen LogP contribution in [-0.2, 0) is 11.3 Å². The van der Waals surface area contributed by atoms with Gasteiger partial charge in [0.15, 0.2) is 5.76 Å². The minimum Gasteiger partial charge on any atom is -0.507 e. The van der Waals surface area contributed by atoms with Crippen molar-refractivity contribution in [1.82, 2.24) is 9.80 Å². The van der Waals surface area contributed by atoms with Crippen LogP contribution in [0.2, 0.25) is 0 Å². The standard InChI is InChI=1S/C22H24N2O5S/c1-3-28-22(27)24-8-6-23(7-9-24)13-16-17(25)11-14(2)19-20(26)18(29-21(16)19)12-15-5-4-10-30-15/h4-5,10-12,25H,3,6-9,13H2,1-2H3/b18-12+. The molecule has 0 unspecified atom stereocenters. The van der Waals surface area contributed by atoms with Crippen molar-refractivity contribution in [2.75, 3.05) is 32.8 Å². The number of Topliss-reactive ketones (excluding diaryl/α,β-unsaturated/α-hetero) is 1. The molecule has 4 rings (SSSR count). The van der Waals surface area contributed by atoms with Crippen molar-refractivity contribution in [3.63, 3.8) is 0 Å². The fourth-order valence-electron chi connectivity index (χ4n) is 3.76. The summed E-state index contributed by atoms with van der Waals surface area (Å²) in [5, 5.41) is 12.5. The normalized spacial score (nSPS) is 17.9. The number of phenolic OH excluding ortho intramolecular Hbond substituents is 1. The SMILES string of the molecule is CCOC(=O)N1CCN(Cc2c(O)cc(C)c3c2O/C(=C/c2cccs2)C3=O)CC1. The molecule has 0 aliphatic carbocycles. The highest BCUT2D eigenvalue weighted by atomic mass is 32.1. The highest BCUT2D eigenvalue weighted by molar-refractivity contribution is 7.10. The number of piperazine rings is 1. The Morgan fingerprint density at radius 1 is 1.33 bits per heavy atom. The first-order valence-corrected chi connectivity index (χ1v) is 10.8. The van der Waals surface area contributed by atoms with Gasteiger partial charge in [-0.1, -0.05) is 6.07 Å². The lowest BCUT2D eigenvalue weighted by atomic mass is 9.99. The molecule has 1 fully saturated rings. The van der Waals surface area contributed by atoms with Crippen LogP contribution in [0.5, 0.6) is 11.5 Å². The summed E-state index contributed by atoms with van der Waals surface area (Å²) in [6.07, 6.45) is 1.44. The molecule has 1 N–H and O–H groups in total. The molecule has 3 heterocycles. The van der Waals surface area contributed by atoms with Gasteiger partial charge in [-0.15, -0.1) is 11.3 Å². The second kappa shape index (κ2) is 8.49. The Bertz CT molecular complexity index is 991. The minimum atomic E-state index is -0.298. The van der Waals surface area contributed by atoms with E-state index in [0.717, 1.165) is 4.88 Å². The molecule has 0 radical (unpaired) electrons. The smallest absolute Gasteiger partial charge is 0.409 e. The molecule has 1 saturated heterocycles. The zero-order chi connectivity index (χ0) is 21.3. The van der Waals surface area contributed by atoms with E-state index in [0.29, 0.717) is 61.8 Å². The molecule has 1 amide bonds. The van der Waals surface area contributed by atoms with Crippen molar-refractivity contribution in [3.05, 3.63) is 50.9 Å². The average molecular weight is 429 g/mol. The molecule has 2 aliphatic rings. The number of hydrogen-bond donors (Lipinski definition) is 1. The molecule has 1 aromatic carbocycles. The Kier molecular flexibility index (Phi) is 5.78. The molecular weight excluding hydrogens is 404 g/mol. The average Bonchev–Trinajstić information content (AvgIpc) is 3.34. The first-order valence-electron chi connectivity index (χ1n) is 9.95. The molecule has 0 spiro atoms. The zero-order valence-corrected chi connectivity index (χ0v) is 17.8. The predicted molar refractivity (Wildman–Crippen MR) is 114 cm³/mol. The lowest BCUT2D eigenvalue weighted by Gasteiger charge is -2.34. The van der Waals surface area contributed by atoms with Crippen molar-refractivity contribution in [1.29, 1.82) is 0 Å². The second-order valence-corrected chi connectivity index (χ2v) is 8.29. The van der Waals surface area contributed by atoms with E-state index in [1.165, 1.54) is 11.3 Å². The van der Waals surface area contributed by atoms with Gasteiger partial charge in [0.2, 0.25) is 5.78 Å². The number of aryl methyl sites for hydroxylation is 1. The summed E-state index contributed by atoms with van der Waals surface area (Å²) in [4.78, 5) is 29.6. The Balaban J connectivity index is 1.54. The summed E-state index contributed by atoms with van der Waals surface area (Å²) in [5.74, 6) is 0.663. The number of amides is 1. The Labute approximate surface area is 179 Å². The summed E-state index contributed by atoms with van der Waals surface area (Å²) < 4.78 is 11.0. The Hall–Kier alpha value is -2.84. The van der Waals surface area contributed by atoms with Crippen molar-refractivity contribution in [3.8, 4) is 11.5 Å². The van der Waals surface area contributed by atoms with Gasteiger partial charge in [-0.3, -0.25) is 9.69 Å². The number of phenols is 1. The van der Waals surface area contributed by atoms with Crippen LogP contribution in [0.15, 0.2) is 29.3 Å². The highest BCUT2D eigenvalue weighted by Gasteiger charge is 2.34. The van der Waals surface area contributed by atoms with Crippen LogP contribution in [0.4, 0.5) is 4.79 Å². The Morgan fingerprint density at radius 3 is 2.77 bits per heavy atom. The summed E-state index contributed by atoms with van der Waals surface area (Å²) in [5.41, 5.74) is 1.80. The summed E-state index contributed by atoms with van der Waals surface area (Å²) in [6.45, 7) is 6.78. The number of thiophene rings is 1. The number of benzene rings is 1. The number of ketones is 1. The molecule has 8 heteroatoms. The van der Waals surface area contributed by atoms with E-state index >= 15 is 0 Å². The van der Waals surface area contributed by atoms with E-state index in [2.05, 4.69) is 4.90 Å². The molecule has 0 saturated carbocycles. The summed E-state index contributed by atoms with van der Waals surface area (Å²) >= 11 is 1.53. The van der Waals surface area contributed by atoms with Gasteiger partial charge in [0, 0.05) is 43.7 Å². The number of hydrogen-bond acceptors (Lipinski definition) is 7. The third kappa shape index (κ3) is 3.93. The highest BCUT2D eigenvalue weighted by Crippen LogP contribution is 2.42. The number of carbonyl (C=O) groups excluding carboxylic acids is 2. The fourth-order valence-corrected chi connectivity index (χ4v) is 4.41. The number of fused-ring (bicyclic) bond motifs is 1. The van der Waals surface area contributed by atoms with Gasteiger partial charge in [0.25, 0.3) is 0 Å². The molecule has 158 valence electrons. The van der Waals surface area contributed by atoms with Crippen LogP contribution >= 0.6 is 11.3 Å². The predicted octanol–water partition coefficient (Wildman–Crippen LogP) is 3.65. The first-order chi connectivity index (χ1) is 14.5. The van der Waals surface area contributed by atoms with Crippen LogP contribution in [0.1, 0.15) is 33.3 Å². The molecule has 1 aromatic heterocycles. The molecule has 0 atom stereocenters. The fraction of sp³-hybridized carbons (Fsp3) is 0.364. The maximum absolute atomic E-state index is 12.9. The summed E-state index contributed by atoms with van der Waals surface area (Å²) in [7, 11) is 0. The monoisotopic (exact) mass is 428 g/mol. The number of rotatable bonds is 4. The number of ether oxygens (including phenoxy) is 2. The Morgan fingerprint density at radius 2 is 2.10 bits per heavy atom. The number of nitrogens with zero attached hydrogens (tertiary/aromatic N) is 2. The van der Waals surface area contributed by atoms with Crippen LogP contribution in [0, 0.1) is 6.92 Å². The number of carbonyl (C=O) groups is 2. The number of aromatic hydroxyl groups is 1. The molecule has 2 aromatic rings. The van der Waals surface area contributed by atoms with E-state index in [-0.39, 0.29) is 23.4 Å². The quantitative estimate of drug-likeness (QED) is 0.749. The van der Waals surface area contributed by atoms with Crippen LogP contribution < -0.4 is 4.74 Å². The molecule has 30 heavy (non-hydrogen) atoms. The van der Waals surface area contributed by atoms with Crippen molar-refractivity contribution in [2.45, 2.75) is 20.4 Å². The van der Waals surface area contributed by atoms with Gasteiger partial charge in [0.05, 0.1) is 17.7 Å². The van der Waals surface area contributed by atoms with E-state index in [1.54, 1.807) is 30.9 Å². The molecule has 2 aliphatic heterocycles. The van der Waals surface area contributed by atoms with E-state index < -0.39 is 0 Å². The maximum atomic E-state index is 12.9. The van der Waals surface area contributed by atoms with Crippen LogP contribution in [0.25, 0.3) is 6.08 Å². The lowest BCUT2D eigenvalue weighted by Crippen LogP contribution is -2.48. The summed E-state index contributed by atoms with van der Waals surface area (Å²) in [6, 6.07) is 5.46. The van der Waals surface area contributed by atoms with Gasteiger partial charge >= 0.3 is 6.09 Å². The van der Waals surface area contributed by atoms with Crippen molar-refractivity contribution >= 4 is 29.3 Å². The van der Waals surface area contributed by atoms with Crippen LogP contribution in [0.3, 0.4) is 0 Å². The molecule has 0 bridgehead atoms. The molecule has 7 nitrogen and oxygen atoms in total.